The van der Waals surface area contributed by atoms with Gasteiger partial charge in [-0.15, -0.1) is 0 Å². The van der Waals surface area contributed by atoms with Crippen LogP contribution in [0.3, 0.4) is 0 Å². The number of fused-ring (bicyclic) bond motifs is 5. The zero-order valence-electron chi connectivity index (χ0n) is 32.5. The molecule has 1 unspecified atom stereocenters. The van der Waals surface area contributed by atoms with Gasteiger partial charge in [0.2, 0.25) is 0 Å². The Morgan fingerprint density at radius 1 is 0.731 bits per heavy atom. The molecule has 0 fully saturated rings. The van der Waals surface area contributed by atoms with Gasteiger partial charge in [0.1, 0.15) is 0 Å². The van der Waals surface area contributed by atoms with Crippen molar-refractivity contribution in [2.75, 3.05) is 0 Å². The van der Waals surface area contributed by atoms with Crippen LogP contribution in [0, 0.1) is 3.80 Å². The van der Waals surface area contributed by atoms with Crippen molar-refractivity contribution >= 4 is 32.8 Å². The fourth-order valence-corrected chi connectivity index (χ4v) is 8.85. The summed E-state index contributed by atoms with van der Waals surface area (Å²) in [7, 11) is 0. The Morgan fingerprint density at radius 3 is 2.35 bits per heavy atom. The summed E-state index contributed by atoms with van der Waals surface area (Å²) in [5.41, 5.74) is 9.72. The number of pyridine rings is 1. The van der Waals surface area contributed by atoms with E-state index in [1.54, 1.807) is 0 Å². The van der Waals surface area contributed by atoms with Gasteiger partial charge in [0.15, 0.2) is 0 Å². The molecule has 1 aliphatic carbocycles. The number of ether oxygens (including phenoxy) is 1. The molecule has 1 aliphatic rings. The molecule has 0 amide bonds. The van der Waals surface area contributed by atoms with E-state index in [-0.39, 0.29) is 11.5 Å². The third kappa shape index (κ3) is 5.67. The number of nitrogens with zero attached hydrogens (tertiary/aromatic N) is 4. The molecule has 1 atom stereocenters. The first-order chi connectivity index (χ1) is 26.5. The summed E-state index contributed by atoms with van der Waals surface area (Å²) in [5.74, 6) is 2.35. The molecule has 0 spiro atoms. The maximum absolute atomic E-state index is 8.37. The van der Waals surface area contributed by atoms with E-state index in [4.69, 9.17) is 13.8 Å². The SMILES string of the molecule is [2H]C([2H])([2H])n1[c](=[Pt])n(C2CCCCc3ccc(Oc4ccc5c6cc(-c7ccccc7)ccc6n(-c6cc(C(C)(C)C)ccn6)c5c4)cc32)c2ccccc21. The molecule has 0 N–H and O–H groups in total. The van der Waals surface area contributed by atoms with Crippen LogP contribution in [0.25, 0.3) is 49.8 Å². The first kappa shape index (κ1) is 29.6. The summed E-state index contributed by atoms with van der Waals surface area (Å²) in [5, 5.41) is 2.28. The van der Waals surface area contributed by atoms with Gasteiger partial charge in [-0.2, -0.15) is 0 Å². The number of hydrogen-bond acceptors (Lipinski definition) is 2. The van der Waals surface area contributed by atoms with Crippen LogP contribution in [-0.2, 0) is 38.2 Å². The van der Waals surface area contributed by atoms with Crippen LogP contribution in [0.2, 0.25) is 0 Å². The Hall–Kier alpha value is -4.99. The number of hydrogen-bond donors (Lipinski definition) is 0. The van der Waals surface area contributed by atoms with Crippen LogP contribution in [-0.4, -0.2) is 18.7 Å². The number of para-hydroxylation sites is 2. The average molecular weight is 865 g/mol. The van der Waals surface area contributed by atoms with Crippen molar-refractivity contribution in [2.45, 2.75) is 57.9 Å². The van der Waals surface area contributed by atoms with E-state index in [0.717, 1.165) is 75.9 Å². The molecule has 0 saturated carbocycles. The van der Waals surface area contributed by atoms with E-state index in [0.29, 0.717) is 9.32 Å². The monoisotopic (exact) mass is 864 g/mol. The third-order valence-corrected chi connectivity index (χ3v) is 11.7. The molecule has 6 heteroatoms. The van der Waals surface area contributed by atoms with Crippen molar-refractivity contribution in [3.63, 3.8) is 0 Å². The van der Waals surface area contributed by atoms with Gasteiger partial charge in [-0.1, -0.05) is 57.2 Å². The van der Waals surface area contributed by atoms with Crippen LogP contribution < -0.4 is 4.74 Å². The van der Waals surface area contributed by atoms with Crippen LogP contribution in [0.4, 0.5) is 0 Å². The Bertz CT molecular complexity index is 2810. The van der Waals surface area contributed by atoms with E-state index in [1.807, 2.05) is 36.5 Å². The molecule has 8 aromatic rings. The number of benzene rings is 5. The van der Waals surface area contributed by atoms with Crippen LogP contribution in [0.5, 0.6) is 11.5 Å². The van der Waals surface area contributed by atoms with Crippen molar-refractivity contribution in [2.24, 2.45) is 6.98 Å². The normalized spacial score (nSPS) is 16.0. The van der Waals surface area contributed by atoms with Gasteiger partial charge in [-0.05, 0) is 46.4 Å². The molecular weight excluding hydrogens is 820 g/mol. The zero-order valence-corrected chi connectivity index (χ0v) is 31.8. The molecule has 5 nitrogen and oxygen atoms in total. The summed E-state index contributed by atoms with van der Waals surface area (Å²) in [6.45, 7) is 4.39. The molecule has 0 radical (unpaired) electrons. The van der Waals surface area contributed by atoms with Gasteiger partial charge >= 0.3 is 206 Å². The van der Waals surface area contributed by atoms with E-state index < -0.39 is 6.98 Å². The Kier molecular flexibility index (Phi) is 7.33. The molecule has 262 valence electrons. The Morgan fingerprint density at radius 2 is 1.52 bits per heavy atom. The van der Waals surface area contributed by atoms with Crippen molar-refractivity contribution in [3.8, 4) is 28.4 Å². The van der Waals surface area contributed by atoms with Crippen LogP contribution >= 0.6 is 0 Å². The molecular formula is C46H42N4OPt. The van der Waals surface area contributed by atoms with Gasteiger partial charge in [0, 0.05) is 6.20 Å². The molecule has 3 aromatic heterocycles. The Balaban J connectivity index is 1.17. The topological polar surface area (TPSA) is 36.9 Å². The predicted octanol–water partition coefficient (Wildman–Crippen LogP) is 11.6. The summed E-state index contributed by atoms with van der Waals surface area (Å²) in [4.78, 5) is 4.91. The van der Waals surface area contributed by atoms with Gasteiger partial charge in [0.05, 0.1) is 0 Å². The minimum absolute atomic E-state index is 0.0351. The average Bonchev–Trinajstić information content (AvgIpc) is 3.56. The second-order valence-corrected chi connectivity index (χ2v) is 15.9. The molecule has 9 rings (SSSR count). The number of rotatable bonds is 5. The second kappa shape index (κ2) is 12.9. The Labute approximate surface area is 319 Å². The summed E-state index contributed by atoms with van der Waals surface area (Å²) < 4.78 is 38.6. The van der Waals surface area contributed by atoms with E-state index in [1.165, 1.54) is 26.8 Å². The van der Waals surface area contributed by atoms with Crippen molar-refractivity contribution in [3.05, 3.63) is 148 Å². The number of imidazole rings is 1. The van der Waals surface area contributed by atoms with Crippen molar-refractivity contribution < 1.29 is 28.2 Å². The first-order valence-electron chi connectivity index (χ1n) is 19.5. The van der Waals surface area contributed by atoms with E-state index in [2.05, 4.69) is 140 Å². The van der Waals surface area contributed by atoms with Gasteiger partial charge in [0.25, 0.3) is 0 Å². The van der Waals surface area contributed by atoms with Crippen LogP contribution in [0.1, 0.15) is 66.9 Å². The van der Waals surface area contributed by atoms with Gasteiger partial charge < -0.3 is 0 Å². The van der Waals surface area contributed by atoms with Gasteiger partial charge in [-0.25, -0.2) is 4.98 Å². The second-order valence-electron chi connectivity index (χ2n) is 14.9. The number of aryl methyl sites for hydroxylation is 2. The molecule has 5 aromatic carbocycles. The quantitative estimate of drug-likeness (QED) is 0.162. The fourth-order valence-electron chi connectivity index (χ4n) is 7.95. The first-order valence-corrected chi connectivity index (χ1v) is 19.2. The fraction of sp³-hybridized carbons (Fsp3) is 0.217. The summed E-state index contributed by atoms with van der Waals surface area (Å²) in [6.07, 6.45) is 5.91. The molecule has 52 heavy (non-hydrogen) atoms. The number of aromatic nitrogens is 4. The standard InChI is InChI=1S/C46H42N4O.Pt/c1-46(2,3)34-24-25-47-45(27-34)50-41-23-19-33(31-12-6-5-7-13-31)26-39(41)37-22-21-36(29-44(37)50)51-35-20-18-32-14-8-9-15-40(38(32)28-35)49-30-48(4)42-16-10-11-17-43(42)49;/h5-7,10-13,16-29,40H,8-9,14-15H2,1-4H3;/i4D3;. The van der Waals surface area contributed by atoms with E-state index >= 15 is 0 Å². The predicted molar refractivity (Wildman–Crippen MR) is 209 cm³/mol. The summed E-state index contributed by atoms with van der Waals surface area (Å²) in [6, 6.07) is 42.1. The molecule has 0 saturated heterocycles. The molecule has 0 bridgehead atoms. The van der Waals surface area contributed by atoms with Crippen LogP contribution in [0.15, 0.2) is 128 Å². The van der Waals surface area contributed by atoms with Crippen molar-refractivity contribution in [1.82, 2.24) is 18.7 Å². The third-order valence-electron chi connectivity index (χ3n) is 10.6. The maximum atomic E-state index is 8.37. The zero-order chi connectivity index (χ0) is 38.1. The van der Waals surface area contributed by atoms with Crippen molar-refractivity contribution in [1.29, 1.82) is 0 Å². The molecule has 0 aliphatic heterocycles. The minimum atomic E-state index is -2.30. The summed E-state index contributed by atoms with van der Waals surface area (Å²) >= 11 is 2.20. The van der Waals surface area contributed by atoms with Gasteiger partial charge in [-0.3, -0.25) is 0 Å². The van der Waals surface area contributed by atoms with E-state index in [9.17, 15) is 0 Å². The molecule has 3 heterocycles.